The van der Waals surface area contributed by atoms with Crippen molar-refractivity contribution in [2.45, 2.75) is 32.9 Å². The SMILES string of the molecule is CCNC(=NCc1ccc(F)c(CN(C)C)c1)NCC(C)c1ccccc1.I. The minimum Gasteiger partial charge on any atom is -0.357 e. The summed E-state index contributed by atoms with van der Waals surface area (Å²) in [4.78, 5) is 6.62. The molecule has 0 radical (unpaired) electrons. The van der Waals surface area contributed by atoms with Crippen LogP contribution in [0.4, 0.5) is 4.39 Å². The first-order valence-electron chi connectivity index (χ1n) is 9.48. The molecule has 2 rings (SSSR count). The fourth-order valence-corrected chi connectivity index (χ4v) is 2.85. The van der Waals surface area contributed by atoms with Crippen molar-refractivity contribution < 1.29 is 4.39 Å². The fraction of sp³-hybridized carbons (Fsp3) is 0.409. The highest BCUT2D eigenvalue weighted by molar-refractivity contribution is 14.0. The van der Waals surface area contributed by atoms with Gasteiger partial charge in [-0.25, -0.2) is 9.38 Å². The van der Waals surface area contributed by atoms with Gasteiger partial charge in [0, 0.05) is 25.2 Å². The van der Waals surface area contributed by atoms with E-state index in [1.807, 2.05) is 38.1 Å². The maximum Gasteiger partial charge on any atom is 0.191 e. The van der Waals surface area contributed by atoms with Gasteiger partial charge in [-0.05, 0) is 50.2 Å². The molecular weight excluding hydrogens is 466 g/mol. The summed E-state index contributed by atoms with van der Waals surface area (Å²) >= 11 is 0. The molecule has 0 spiro atoms. The van der Waals surface area contributed by atoms with Crippen LogP contribution in [0.5, 0.6) is 0 Å². The zero-order valence-corrected chi connectivity index (χ0v) is 19.5. The van der Waals surface area contributed by atoms with E-state index in [4.69, 9.17) is 0 Å². The first-order chi connectivity index (χ1) is 13.0. The van der Waals surface area contributed by atoms with Gasteiger partial charge in [-0.1, -0.05) is 43.3 Å². The Morgan fingerprint density at radius 2 is 1.82 bits per heavy atom. The van der Waals surface area contributed by atoms with Crippen LogP contribution in [0.2, 0.25) is 0 Å². The van der Waals surface area contributed by atoms with Crippen LogP contribution >= 0.6 is 24.0 Å². The van der Waals surface area contributed by atoms with E-state index in [1.165, 1.54) is 11.6 Å². The first-order valence-corrected chi connectivity index (χ1v) is 9.48. The maximum atomic E-state index is 13.9. The highest BCUT2D eigenvalue weighted by Crippen LogP contribution is 2.14. The molecule has 0 heterocycles. The normalized spacial score (nSPS) is 12.4. The summed E-state index contributed by atoms with van der Waals surface area (Å²) < 4.78 is 13.9. The topological polar surface area (TPSA) is 39.7 Å². The van der Waals surface area contributed by atoms with Crippen molar-refractivity contribution in [3.05, 3.63) is 71.0 Å². The van der Waals surface area contributed by atoms with Gasteiger partial charge < -0.3 is 15.5 Å². The molecule has 154 valence electrons. The van der Waals surface area contributed by atoms with Gasteiger partial charge in [0.15, 0.2) is 5.96 Å². The Hall–Kier alpha value is -1.67. The van der Waals surface area contributed by atoms with Crippen LogP contribution in [0.25, 0.3) is 0 Å². The Bertz CT molecular complexity index is 735. The number of benzene rings is 2. The Kier molecular flexibility index (Phi) is 11.1. The molecule has 1 unspecified atom stereocenters. The molecule has 0 amide bonds. The molecular formula is C22H32FIN4. The smallest absolute Gasteiger partial charge is 0.191 e. The van der Waals surface area contributed by atoms with Crippen molar-refractivity contribution in [1.82, 2.24) is 15.5 Å². The van der Waals surface area contributed by atoms with Gasteiger partial charge in [0.1, 0.15) is 5.82 Å². The number of nitrogens with one attached hydrogen (secondary N) is 2. The quantitative estimate of drug-likeness (QED) is 0.323. The Morgan fingerprint density at radius 1 is 1.11 bits per heavy atom. The lowest BCUT2D eigenvalue weighted by Crippen LogP contribution is -2.39. The highest BCUT2D eigenvalue weighted by atomic mass is 127. The predicted molar refractivity (Wildman–Crippen MR) is 127 cm³/mol. The average Bonchev–Trinajstić information content (AvgIpc) is 2.66. The molecule has 0 bridgehead atoms. The lowest BCUT2D eigenvalue weighted by Gasteiger charge is -2.16. The number of nitrogens with zero attached hydrogens (tertiary/aromatic N) is 2. The Morgan fingerprint density at radius 3 is 2.46 bits per heavy atom. The second-order valence-electron chi connectivity index (χ2n) is 7.05. The van der Waals surface area contributed by atoms with E-state index >= 15 is 0 Å². The van der Waals surface area contributed by atoms with Crippen LogP contribution < -0.4 is 10.6 Å². The van der Waals surface area contributed by atoms with Crippen LogP contribution in [0.3, 0.4) is 0 Å². The van der Waals surface area contributed by atoms with E-state index in [1.54, 1.807) is 6.07 Å². The standard InChI is InChI=1S/C22H31FN4.HI/c1-5-24-22(25-14-17(2)19-9-7-6-8-10-19)26-15-18-11-12-21(23)20(13-18)16-27(3)4;/h6-13,17H,5,14-16H2,1-4H3,(H2,24,25,26);1H. The summed E-state index contributed by atoms with van der Waals surface area (Å²) in [5, 5.41) is 6.68. The molecule has 0 aliphatic carbocycles. The van der Waals surface area contributed by atoms with E-state index in [0.717, 1.165) is 24.6 Å². The summed E-state index contributed by atoms with van der Waals surface area (Å²) in [7, 11) is 3.87. The zero-order valence-electron chi connectivity index (χ0n) is 17.2. The number of halogens is 2. The fourth-order valence-electron chi connectivity index (χ4n) is 2.85. The average molecular weight is 498 g/mol. The summed E-state index contributed by atoms with van der Waals surface area (Å²) in [5.74, 6) is 0.990. The minimum atomic E-state index is -0.168. The molecule has 0 saturated carbocycles. The largest absolute Gasteiger partial charge is 0.357 e. The van der Waals surface area contributed by atoms with Crippen LogP contribution in [0, 0.1) is 5.82 Å². The van der Waals surface area contributed by atoms with Gasteiger partial charge in [-0.3, -0.25) is 0 Å². The number of guanidine groups is 1. The number of aliphatic imine (C=N–C) groups is 1. The van der Waals surface area contributed by atoms with Crippen molar-refractivity contribution in [3.63, 3.8) is 0 Å². The number of rotatable bonds is 8. The van der Waals surface area contributed by atoms with E-state index in [9.17, 15) is 4.39 Å². The van der Waals surface area contributed by atoms with Gasteiger partial charge >= 0.3 is 0 Å². The van der Waals surface area contributed by atoms with Crippen LogP contribution in [-0.2, 0) is 13.1 Å². The molecule has 2 aromatic carbocycles. The van der Waals surface area contributed by atoms with Gasteiger partial charge in [0.25, 0.3) is 0 Å². The molecule has 2 aromatic rings. The second-order valence-corrected chi connectivity index (χ2v) is 7.05. The van der Waals surface area contributed by atoms with Crippen molar-refractivity contribution in [1.29, 1.82) is 0 Å². The van der Waals surface area contributed by atoms with Gasteiger partial charge in [-0.15, -0.1) is 24.0 Å². The lowest BCUT2D eigenvalue weighted by atomic mass is 10.0. The second kappa shape index (κ2) is 12.7. The van der Waals surface area contributed by atoms with Crippen molar-refractivity contribution in [3.8, 4) is 0 Å². The molecule has 6 heteroatoms. The molecule has 2 N–H and O–H groups in total. The molecule has 4 nitrogen and oxygen atoms in total. The number of hydrogen-bond acceptors (Lipinski definition) is 2. The van der Waals surface area contributed by atoms with E-state index in [-0.39, 0.29) is 29.8 Å². The Labute approximate surface area is 185 Å². The molecule has 0 aliphatic rings. The third-order valence-electron chi connectivity index (χ3n) is 4.30. The van der Waals surface area contributed by atoms with Crippen LogP contribution in [0.15, 0.2) is 53.5 Å². The first kappa shape index (κ1) is 24.4. The van der Waals surface area contributed by atoms with Crippen LogP contribution in [-0.4, -0.2) is 38.0 Å². The van der Waals surface area contributed by atoms with Gasteiger partial charge in [0.2, 0.25) is 0 Å². The summed E-state index contributed by atoms with van der Waals surface area (Å²) in [5.41, 5.74) is 3.00. The van der Waals surface area contributed by atoms with Crippen LogP contribution in [0.1, 0.15) is 36.5 Å². The molecule has 1 atom stereocenters. The highest BCUT2D eigenvalue weighted by Gasteiger charge is 2.07. The molecule has 28 heavy (non-hydrogen) atoms. The lowest BCUT2D eigenvalue weighted by molar-refractivity contribution is 0.392. The third-order valence-corrected chi connectivity index (χ3v) is 4.30. The zero-order chi connectivity index (χ0) is 19.6. The third kappa shape index (κ3) is 8.14. The molecule has 0 aromatic heterocycles. The van der Waals surface area contributed by atoms with Crippen molar-refractivity contribution in [2.24, 2.45) is 4.99 Å². The van der Waals surface area contributed by atoms with Crippen molar-refractivity contribution >= 4 is 29.9 Å². The summed E-state index contributed by atoms with van der Waals surface area (Å²) in [6, 6.07) is 15.7. The van der Waals surface area contributed by atoms with Gasteiger partial charge in [-0.2, -0.15) is 0 Å². The summed E-state index contributed by atoms with van der Waals surface area (Å²) in [6.45, 7) is 6.92. The van der Waals surface area contributed by atoms with E-state index < -0.39 is 0 Å². The monoisotopic (exact) mass is 498 g/mol. The van der Waals surface area contributed by atoms with E-state index in [2.05, 4.69) is 46.8 Å². The molecule has 0 aliphatic heterocycles. The molecule has 0 saturated heterocycles. The number of hydrogen-bond donors (Lipinski definition) is 2. The predicted octanol–water partition coefficient (Wildman–Crippen LogP) is 4.36. The maximum absolute atomic E-state index is 13.9. The molecule has 0 fully saturated rings. The van der Waals surface area contributed by atoms with Crippen molar-refractivity contribution in [2.75, 3.05) is 27.2 Å². The van der Waals surface area contributed by atoms with Gasteiger partial charge in [0.05, 0.1) is 6.54 Å². The summed E-state index contributed by atoms with van der Waals surface area (Å²) in [6.07, 6.45) is 0. The Balaban J connectivity index is 0.00000392. The minimum absolute atomic E-state index is 0. The van der Waals surface area contributed by atoms with E-state index in [0.29, 0.717) is 24.6 Å².